The maximum absolute atomic E-state index is 12.4. The molecule has 1 nitrogen and oxygen atoms in total. The minimum atomic E-state index is -3.90. The molecule has 0 amide bonds. The Bertz CT molecular complexity index is 166. The van der Waals surface area contributed by atoms with Gasteiger partial charge in [-0.1, -0.05) is 0 Å². The topological polar surface area (TPSA) is 26.0 Å². The average molecular weight is 171 g/mol. The fraction of sp³-hybridized carbons (Fsp3) is 1.00. The maximum atomic E-state index is 12.4. The van der Waals surface area contributed by atoms with Crippen LogP contribution in [0.4, 0.5) is 17.6 Å². The summed E-state index contributed by atoms with van der Waals surface area (Å²) < 4.78 is 49.0. The maximum Gasteiger partial charge on any atom is 0.314 e. The summed E-state index contributed by atoms with van der Waals surface area (Å²) in [5.41, 5.74) is 5.08. The monoisotopic (exact) mass is 171 g/mol. The Balaban J connectivity index is 2.69. The van der Waals surface area contributed by atoms with Gasteiger partial charge in [0.15, 0.2) is 0 Å². The minimum Gasteiger partial charge on any atom is -0.327 e. The predicted molar refractivity (Wildman–Crippen MR) is 31.7 cm³/mol. The van der Waals surface area contributed by atoms with Crippen molar-refractivity contribution in [2.45, 2.75) is 31.2 Å². The Morgan fingerprint density at radius 2 is 1.82 bits per heavy atom. The standard InChI is InChI=1S/C6H9F4N/c1-3(11)4-2-5(7,8)6(4,9)10/h3-4H,2,11H2,1H3/t3-,4?/m1/s1. The van der Waals surface area contributed by atoms with E-state index in [1.165, 1.54) is 6.92 Å². The van der Waals surface area contributed by atoms with Crippen LogP contribution in [0.15, 0.2) is 0 Å². The highest BCUT2D eigenvalue weighted by Crippen LogP contribution is 2.56. The summed E-state index contributed by atoms with van der Waals surface area (Å²) in [6.07, 6.45) is -0.794. The van der Waals surface area contributed by atoms with Gasteiger partial charge in [0.05, 0.1) is 0 Å². The number of nitrogens with two attached hydrogens (primary N) is 1. The molecule has 0 aromatic rings. The van der Waals surface area contributed by atoms with Gasteiger partial charge in [-0.05, 0) is 6.92 Å². The Kier molecular flexibility index (Phi) is 1.67. The largest absolute Gasteiger partial charge is 0.327 e. The van der Waals surface area contributed by atoms with Gasteiger partial charge in [0, 0.05) is 18.4 Å². The average Bonchev–Trinajstić information content (AvgIpc) is 1.82. The van der Waals surface area contributed by atoms with Crippen molar-refractivity contribution in [2.24, 2.45) is 11.7 Å². The second-order valence-corrected chi connectivity index (χ2v) is 3.00. The molecule has 0 aromatic carbocycles. The van der Waals surface area contributed by atoms with Gasteiger partial charge >= 0.3 is 11.8 Å². The molecule has 0 spiro atoms. The number of hydrogen-bond acceptors (Lipinski definition) is 1. The molecule has 66 valence electrons. The van der Waals surface area contributed by atoms with E-state index in [9.17, 15) is 17.6 Å². The lowest BCUT2D eigenvalue weighted by atomic mass is 9.73. The smallest absolute Gasteiger partial charge is 0.314 e. The molecule has 1 unspecified atom stereocenters. The first-order valence-corrected chi connectivity index (χ1v) is 3.30. The molecule has 2 N–H and O–H groups in total. The van der Waals surface area contributed by atoms with Crippen molar-refractivity contribution in [3.05, 3.63) is 0 Å². The van der Waals surface area contributed by atoms with E-state index in [0.717, 1.165) is 0 Å². The highest BCUT2D eigenvalue weighted by atomic mass is 19.3. The first kappa shape index (κ1) is 8.77. The third-order valence-corrected chi connectivity index (χ3v) is 2.06. The van der Waals surface area contributed by atoms with E-state index < -0.39 is 30.2 Å². The van der Waals surface area contributed by atoms with E-state index in [0.29, 0.717) is 0 Å². The molecular weight excluding hydrogens is 162 g/mol. The van der Waals surface area contributed by atoms with Gasteiger partial charge in [-0.2, -0.15) is 17.6 Å². The molecule has 1 aliphatic carbocycles. The molecule has 1 rings (SSSR count). The molecule has 11 heavy (non-hydrogen) atoms. The van der Waals surface area contributed by atoms with Crippen molar-refractivity contribution < 1.29 is 17.6 Å². The molecule has 1 saturated carbocycles. The van der Waals surface area contributed by atoms with E-state index in [4.69, 9.17) is 5.73 Å². The van der Waals surface area contributed by atoms with Gasteiger partial charge in [-0.3, -0.25) is 0 Å². The van der Waals surface area contributed by atoms with Gasteiger partial charge < -0.3 is 5.73 Å². The van der Waals surface area contributed by atoms with Crippen LogP contribution in [0.1, 0.15) is 13.3 Å². The van der Waals surface area contributed by atoms with Crippen LogP contribution in [0.2, 0.25) is 0 Å². The highest BCUT2D eigenvalue weighted by molar-refractivity contribution is 5.05. The first-order chi connectivity index (χ1) is 4.79. The van der Waals surface area contributed by atoms with Crippen molar-refractivity contribution in [1.29, 1.82) is 0 Å². The molecule has 0 heterocycles. The summed E-state index contributed by atoms with van der Waals surface area (Å²) in [5.74, 6) is -9.11. The van der Waals surface area contributed by atoms with Crippen molar-refractivity contribution in [3.8, 4) is 0 Å². The lowest BCUT2D eigenvalue weighted by molar-refractivity contribution is -0.316. The van der Waals surface area contributed by atoms with Crippen LogP contribution in [-0.4, -0.2) is 17.9 Å². The van der Waals surface area contributed by atoms with Crippen LogP contribution in [0, 0.1) is 5.92 Å². The molecule has 5 heteroatoms. The first-order valence-electron chi connectivity index (χ1n) is 3.30. The fourth-order valence-electron chi connectivity index (χ4n) is 1.20. The molecule has 0 bridgehead atoms. The van der Waals surface area contributed by atoms with Crippen LogP contribution in [0.5, 0.6) is 0 Å². The number of rotatable bonds is 1. The third-order valence-electron chi connectivity index (χ3n) is 2.06. The van der Waals surface area contributed by atoms with Crippen molar-refractivity contribution in [2.75, 3.05) is 0 Å². The van der Waals surface area contributed by atoms with Crippen LogP contribution in [0.25, 0.3) is 0 Å². The zero-order chi connectivity index (χ0) is 8.86. The Labute approximate surface area is 61.6 Å². The Morgan fingerprint density at radius 3 is 1.91 bits per heavy atom. The quantitative estimate of drug-likeness (QED) is 0.596. The molecular formula is C6H9F4N. The van der Waals surface area contributed by atoms with Crippen LogP contribution >= 0.6 is 0 Å². The molecule has 0 saturated heterocycles. The second-order valence-electron chi connectivity index (χ2n) is 3.00. The fourth-order valence-corrected chi connectivity index (χ4v) is 1.20. The summed E-state index contributed by atoms with van der Waals surface area (Å²) in [6.45, 7) is 1.31. The number of hydrogen-bond donors (Lipinski definition) is 1. The molecule has 1 fully saturated rings. The summed E-state index contributed by atoms with van der Waals surface area (Å²) in [5, 5.41) is 0. The normalized spacial score (nSPS) is 36.0. The molecule has 0 radical (unpaired) electrons. The Morgan fingerprint density at radius 1 is 1.36 bits per heavy atom. The SMILES string of the molecule is C[C@@H](N)C1CC(F)(F)C1(F)F. The third kappa shape index (κ3) is 1.02. The van der Waals surface area contributed by atoms with Crippen LogP contribution in [-0.2, 0) is 0 Å². The molecule has 1 aliphatic rings. The van der Waals surface area contributed by atoms with Gasteiger partial charge in [0.25, 0.3) is 0 Å². The van der Waals surface area contributed by atoms with Gasteiger partial charge in [0.1, 0.15) is 0 Å². The van der Waals surface area contributed by atoms with Gasteiger partial charge in [0.2, 0.25) is 0 Å². The van der Waals surface area contributed by atoms with Gasteiger partial charge in [-0.25, -0.2) is 0 Å². The van der Waals surface area contributed by atoms with Crippen LogP contribution in [0.3, 0.4) is 0 Å². The zero-order valence-corrected chi connectivity index (χ0v) is 5.95. The van der Waals surface area contributed by atoms with E-state index in [1.54, 1.807) is 0 Å². The molecule has 0 aliphatic heterocycles. The molecule has 2 atom stereocenters. The predicted octanol–water partition coefficient (Wildman–Crippen LogP) is 1.62. The van der Waals surface area contributed by atoms with Crippen molar-refractivity contribution in [1.82, 2.24) is 0 Å². The van der Waals surface area contributed by atoms with Crippen molar-refractivity contribution >= 4 is 0 Å². The van der Waals surface area contributed by atoms with Crippen LogP contribution < -0.4 is 5.73 Å². The zero-order valence-electron chi connectivity index (χ0n) is 5.95. The summed E-state index contributed by atoms with van der Waals surface area (Å²) in [4.78, 5) is 0. The second kappa shape index (κ2) is 2.09. The van der Waals surface area contributed by atoms with Gasteiger partial charge in [-0.15, -0.1) is 0 Å². The van der Waals surface area contributed by atoms with E-state index in [1.807, 2.05) is 0 Å². The number of halogens is 4. The summed E-state index contributed by atoms with van der Waals surface area (Å²) in [7, 11) is 0. The summed E-state index contributed by atoms with van der Waals surface area (Å²) in [6, 6.07) is -0.871. The number of alkyl halides is 4. The van der Waals surface area contributed by atoms with E-state index in [-0.39, 0.29) is 0 Å². The summed E-state index contributed by atoms with van der Waals surface area (Å²) >= 11 is 0. The van der Waals surface area contributed by atoms with E-state index >= 15 is 0 Å². The Hall–Kier alpha value is -0.320. The lowest BCUT2D eigenvalue weighted by Crippen LogP contribution is -2.63. The highest BCUT2D eigenvalue weighted by Gasteiger charge is 2.72. The lowest BCUT2D eigenvalue weighted by Gasteiger charge is -2.45. The molecule has 0 aromatic heterocycles. The minimum absolute atomic E-state index is 0.794. The van der Waals surface area contributed by atoms with Crippen molar-refractivity contribution in [3.63, 3.8) is 0 Å². The van der Waals surface area contributed by atoms with E-state index in [2.05, 4.69) is 0 Å².